The lowest BCUT2D eigenvalue weighted by atomic mass is 10.6. The number of rotatable bonds is 0. The zero-order valence-corrected chi connectivity index (χ0v) is 4.65. The second-order valence-corrected chi connectivity index (χ2v) is 0.667. The molecule has 0 aliphatic rings. The monoisotopic (exact) mass is 90.1 g/mol. The van der Waals surface area contributed by atoms with Gasteiger partial charge in [0.2, 0.25) is 0 Å². The van der Waals surface area contributed by atoms with Crippen molar-refractivity contribution in [3.63, 3.8) is 0 Å². The quantitative estimate of drug-likeness (QED) is 0.397. The third kappa shape index (κ3) is 15.0. The van der Waals surface area contributed by atoms with E-state index < -0.39 is 0 Å². The number of hydrogen-bond donors (Lipinski definition) is 0. The molecule has 0 saturated heterocycles. The fourth-order valence-corrected chi connectivity index (χ4v) is 0. The van der Waals surface area contributed by atoms with Crippen molar-refractivity contribution < 1.29 is 0 Å². The SMILES string of the molecule is C/C=C\C.S. The van der Waals surface area contributed by atoms with Crippen molar-refractivity contribution in [2.45, 2.75) is 13.8 Å². The number of allylic oxidation sites excluding steroid dienone is 2. The molecule has 0 aliphatic heterocycles. The van der Waals surface area contributed by atoms with E-state index in [1.54, 1.807) is 0 Å². The van der Waals surface area contributed by atoms with Gasteiger partial charge in [0.25, 0.3) is 0 Å². The van der Waals surface area contributed by atoms with Gasteiger partial charge < -0.3 is 0 Å². The summed E-state index contributed by atoms with van der Waals surface area (Å²) in [7, 11) is 0. The average Bonchev–Trinajstić information content (AvgIpc) is 1.37. The van der Waals surface area contributed by atoms with Crippen LogP contribution in [0.4, 0.5) is 0 Å². The third-order valence-corrected chi connectivity index (χ3v) is 0.333. The summed E-state index contributed by atoms with van der Waals surface area (Å²) in [5.41, 5.74) is 0. The van der Waals surface area contributed by atoms with Crippen molar-refractivity contribution in [1.29, 1.82) is 0 Å². The van der Waals surface area contributed by atoms with Crippen LogP contribution in [0.3, 0.4) is 0 Å². The molecule has 0 N–H and O–H groups in total. The Morgan fingerprint density at radius 1 is 1.00 bits per heavy atom. The van der Waals surface area contributed by atoms with E-state index in [1.807, 2.05) is 26.0 Å². The van der Waals surface area contributed by atoms with Crippen molar-refractivity contribution in [1.82, 2.24) is 0 Å². The van der Waals surface area contributed by atoms with E-state index in [0.29, 0.717) is 0 Å². The molecule has 0 nitrogen and oxygen atoms in total. The topological polar surface area (TPSA) is 0 Å². The molecule has 0 aromatic heterocycles. The van der Waals surface area contributed by atoms with E-state index >= 15 is 0 Å². The van der Waals surface area contributed by atoms with E-state index in [1.165, 1.54) is 0 Å². The summed E-state index contributed by atoms with van der Waals surface area (Å²) in [5, 5.41) is 0. The van der Waals surface area contributed by atoms with Crippen LogP contribution in [0.15, 0.2) is 12.2 Å². The highest BCUT2D eigenvalue weighted by molar-refractivity contribution is 7.59. The van der Waals surface area contributed by atoms with Crippen molar-refractivity contribution in [3.8, 4) is 0 Å². The van der Waals surface area contributed by atoms with Crippen molar-refractivity contribution in [2.75, 3.05) is 0 Å². The molecule has 0 aromatic carbocycles. The highest BCUT2D eigenvalue weighted by Crippen LogP contribution is 1.57. The van der Waals surface area contributed by atoms with Crippen LogP contribution in [0.25, 0.3) is 0 Å². The van der Waals surface area contributed by atoms with Gasteiger partial charge in [0, 0.05) is 0 Å². The van der Waals surface area contributed by atoms with Crippen LogP contribution in [0.1, 0.15) is 13.8 Å². The Hall–Kier alpha value is 0.0900. The van der Waals surface area contributed by atoms with Gasteiger partial charge in [-0.15, -0.1) is 0 Å². The van der Waals surface area contributed by atoms with Crippen LogP contribution in [0.5, 0.6) is 0 Å². The van der Waals surface area contributed by atoms with E-state index in [-0.39, 0.29) is 13.5 Å². The molecule has 0 saturated carbocycles. The molecule has 0 fully saturated rings. The van der Waals surface area contributed by atoms with Crippen LogP contribution < -0.4 is 0 Å². The normalized spacial score (nSPS) is 7.60. The molecule has 5 heavy (non-hydrogen) atoms. The average molecular weight is 90.2 g/mol. The van der Waals surface area contributed by atoms with Gasteiger partial charge in [-0.05, 0) is 13.8 Å². The zero-order valence-electron chi connectivity index (χ0n) is 3.65. The van der Waals surface area contributed by atoms with Gasteiger partial charge in [-0.25, -0.2) is 0 Å². The van der Waals surface area contributed by atoms with Gasteiger partial charge in [0.15, 0.2) is 0 Å². The van der Waals surface area contributed by atoms with Gasteiger partial charge in [-0.1, -0.05) is 12.2 Å². The minimum atomic E-state index is 0. The standard InChI is InChI=1S/C4H8.H2S/c1-3-4-2;/h3-4H,1-2H3;1H2/b4-3-;. The first-order valence-corrected chi connectivity index (χ1v) is 1.49. The first-order chi connectivity index (χ1) is 1.91. The van der Waals surface area contributed by atoms with Crippen LogP contribution in [0, 0.1) is 0 Å². The van der Waals surface area contributed by atoms with Crippen LogP contribution in [-0.2, 0) is 0 Å². The van der Waals surface area contributed by atoms with E-state index in [4.69, 9.17) is 0 Å². The second-order valence-electron chi connectivity index (χ2n) is 0.667. The van der Waals surface area contributed by atoms with Gasteiger partial charge >= 0.3 is 0 Å². The Labute approximate surface area is 40.3 Å². The lowest BCUT2D eigenvalue weighted by Gasteiger charge is -1.49. The van der Waals surface area contributed by atoms with Crippen molar-refractivity contribution in [2.24, 2.45) is 0 Å². The summed E-state index contributed by atoms with van der Waals surface area (Å²) in [6, 6.07) is 0. The molecule has 1 heteroatoms. The maximum absolute atomic E-state index is 2.00. The fraction of sp³-hybridized carbons (Fsp3) is 0.500. The summed E-state index contributed by atoms with van der Waals surface area (Å²) in [4.78, 5) is 0. The highest BCUT2D eigenvalue weighted by atomic mass is 32.1. The predicted octanol–water partition coefficient (Wildman–Crippen LogP) is 1.70. The molecular formula is C4H10S. The van der Waals surface area contributed by atoms with Crippen LogP contribution in [0.2, 0.25) is 0 Å². The lowest BCUT2D eigenvalue weighted by Crippen LogP contribution is -1.26. The Kier molecular flexibility index (Phi) is 15.9. The lowest BCUT2D eigenvalue weighted by molar-refractivity contribution is 1.64. The molecule has 0 amide bonds. The molecule has 0 atom stereocenters. The molecular weight excluding hydrogens is 80.1 g/mol. The molecule has 0 radical (unpaired) electrons. The fourth-order valence-electron chi connectivity index (χ4n) is 0. The molecule has 0 aromatic rings. The Morgan fingerprint density at radius 3 is 1.20 bits per heavy atom. The minimum absolute atomic E-state index is 0. The first-order valence-electron chi connectivity index (χ1n) is 1.49. The Bertz CT molecular complexity index is 18.8. The molecule has 0 unspecified atom stereocenters. The molecule has 0 rings (SSSR count). The molecule has 32 valence electrons. The van der Waals surface area contributed by atoms with Gasteiger partial charge in [-0.3, -0.25) is 0 Å². The molecule has 0 bridgehead atoms. The summed E-state index contributed by atoms with van der Waals surface area (Å²) >= 11 is 0. The second kappa shape index (κ2) is 8.94. The number of hydrogen-bond acceptors (Lipinski definition) is 0. The highest BCUT2D eigenvalue weighted by Gasteiger charge is 1.34. The van der Waals surface area contributed by atoms with Crippen LogP contribution in [-0.4, -0.2) is 0 Å². The van der Waals surface area contributed by atoms with E-state index in [9.17, 15) is 0 Å². The molecule has 0 aliphatic carbocycles. The minimum Gasteiger partial charge on any atom is -0.197 e. The third-order valence-electron chi connectivity index (χ3n) is 0.333. The Balaban J connectivity index is 0. The summed E-state index contributed by atoms with van der Waals surface area (Å²) in [6.45, 7) is 4.00. The van der Waals surface area contributed by atoms with Crippen LogP contribution >= 0.6 is 13.5 Å². The Morgan fingerprint density at radius 2 is 1.20 bits per heavy atom. The summed E-state index contributed by atoms with van der Waals surface area (Å²) < 4.78 is 0. The first kappa shape index (κ1) is 8.92. The van der Waals surface area contributed by atoms with Crippen molar-refractivity contribution in [3.05, 3.63) is 12.2 Å². The van der Waals surface area contributed by atoms with Gasteiger partial charge in [0.05, 0.1) is 0 Å². The summed E-state index contributed by atoms with van der Waals surface area (Å²) in [5.74, 6) is 0. The van der Waals surface area contributed by atoms with E-state index in [2.05, 4.69) is 0 Å². The molecule has 0 spiro atoms. The smallest absolute Gasteiger partial charge is 0.0470 e. The zero-order chi connectivity index (χ0) is 3.41. The van der Waals surface area contributed by atoms with Gasteiger partial charge in [0.1, 0.15) is 0 Å². The largest absolute Gasteiger partial charge is 0.197 e. The summed E-state index contributed by atoms with van der Waals surface area (Å²) in [6.07, 6.45) is 4.00. The van der Waals surface area contributed by atoms with E-state index in [0.717, 1.165) is 0 Å². The van der Waals surface area contributed by atoms with Crippen molar-refractivity contribution >= 4 is 13.5 Å². The maximum Gasteiger partial charge on any atom is -0.0470 e. The molecule has 0 heterocycles. The van der Waals surface area contributed by atoms with Gasteiger partial charge in [-0.2, -0.15) is 13.5 Å². The predicted molar refractivity (Wildman–Crippen MR) is 30.9 cm³/mol. The maximum atomic E-state index is 2.00.